The van der Waals surface area contributed by atoms with Gasteiger partial charge in [-0.15, -0.1) is 0 Å². The highest BCUT2D eigenvalue weighted by Gasteiger charge is 2.33. The predicted octanol–water partition coefficient (Wildman–Crippen LogP) is 1.70. The van der Waals surface area contributed by atoms with Crippen molar-refractivity contribution in [3.05, 3.63) is 0 Å². The molecule has 0 amide bonds. The zero-order valence-corrected chi connectivity index (χ0v) is 8.21. The van der Waals surface area contributed by atoms with E-state index in [-0.39, 0.29) is 17.5 Å². The number of ether oxygens (including phenoxy) is 1. The van der Waals surface area contributed by atoms with Gasteiger partial charge < -0.3 is 9.53 Å². The number of carbonyl (C=O) groups excluding carboxylic acids is 2. The number of hydrogen-bond donors (Lipinski definition) is 0. The molecule has 0 saturated heterocycles. The van der Waals surface area contributed by atoms with Crippen LogP contribution in [0.4, 0.5) is 0 Å². The molecule has 1 saturated carbocycles. The lowest BCUT2D eigenvalue weighted by atomic mass is 9.75. The summed E-state index contributed by atoms with van der Waals surface area (Å²) in [6.07, 6.45) is 4.38. The van der Waals surface area contributed by atoms with E-state index in [2.05, 4.69) is 0 Å². The Morgan fingerprint density at radius 2 is 2.31 bits per heavy atom. The van der Waals surface area contributed by atoms with E-state index in [9.17, 15) is 9.59 Å². The Morgan fingerprint density at radius 3 is 2.85 bits per heavy atom. The molecule has 0 radical (unpaired) electrons. The van der Waals surface area contributed by atoms with Crippen LogP contribution in [0, 0.1) is 5.41 Å². The lowest BCUT2D eigenvalue weighted by Crippen LogP contribution is -2.32. The van der Waals surface area contributed by atoms with E-state index in [0.717, 1.165) is 25.5 Å². The molecule has 0 aromatic carbocycles. The molecule has 0 aromatic rings. The summed E-state index contributed by atoms with van der Waals surface area (Å²) < 4.78 is 5.09. The Morgan fingerprint density at radius 1 is 1.62 bits per heavy atom. The van der Waals surface area contributed by atoms with E-state index < -0.39 is 0 Å². The molecule has 1 fully saturated rings. The van der Waals surface area contributed by atoms with Crippen LogP contribution in [0.15, 0.2) is 0 Å². The molecule has 1 aliphatic carbocycles. The SMILES string of the molecule is CC(=O)OC1CCC[C@@](C)(C=O)C1. The van der Waals surface area contributed by atoms with Crippen LogP contribution in [0.5, 0.6) is 0 Å². The Kier molecular flexibility index (Phi) is 3.07. The van der Waals surface area contributed by atoms with Gasteiger partial charge in [0.15, 0.2) is 0 Å². The van der Waals surface area contributed by atoms with Crippen LogP contribution < -0.4 is 0 Å². The molecule has 13 heavy (non-hydrogen) atoms. The van der Waals surface area contributed by atoms with Crippen LogP contribution in [0.25, 0.3) is 0 Å². The van der Waals surface area contributed by atoms with Crippen molar-refractivity contribution in [2.24, 2.45) is 5.41 Å². The standard InChI is InChI=1S/C10H16O3/c1-8(12)13-9-4-3-5-10(2,6-9)7-11/h7,9H,3-6H2,1-2H3/t9?,10-/m1/s1. The molecule has 0 spiro atoms. The van der Waals surface area contributed by atoms with Gasteiger partial charge in [0.05, 0.1) is 0 Å². The van der Waals surface area contributed by atoms with Gasteiger partial charge in [0.1, 0.15) is 12.4 Å². The first-order valence-corrected chi connectivity index (χ1v) is 4.69. The number of aldehydes is 1. The summed E-state index contributed by atoms with van der Waals surface area (Å²) in [5.41, 5.74) is -0.279. The summed E-state index contributed by atoms with van der Waals surface area (Å²) in [7, 11) is 0. The van der Waals surface area contributed by atoms with Crippen LogP contribution in [-0.4, -0.2) is 18.4 Å². The smallest absolute Gasteiger partial charge is 0.302 e. The van der Waals surface area contributed by atoms with Crippen LogP contribution in [0.3, 0.4) is 0 Å². The summed E-state index contributed by atoms with van der Waals surface area (Å²) in [6.45, 7) is 3.34. The van der Waals surface area contributed by atoms with Crippen molar-refractivity contribution in [2.45, 2.75) is 45.6 Å². The maximum atomic E-state index is 10.8. The zero-order chi connectivity index (χ0) is 9.90. The summed E-state index contributed by atoms with van der Waals surface area (Å²) in [5.74, 6) is -0.250. The lowest BCUT2D eigenvalue weighted by Gasteiger charge is -2.33. The van der Waals surface area contributed by atoms with Crippen molar-refractivity contribution in [1.82, 2.24) is 0 Å². The molecule has 1 aliphatic rings. The topological polar surface area (TPSA) is 43.4 Å². The highest BCUT2D eigenvalue weighted by atomic mass is 16.5. The molecular weight excluding hydrogens is 168 g/mol. The first-order valence-electron chi connectivity index (χ1n) is 4.69. The summed E-state index contributed by atoms with van der Waals surface area (Å²) in [6, 6.07) is 0. The van der Waals surface area contributed by atoms with E-state index in [0.29, 0.717) is 6.42 Å². The Labute approximate surface area is 78.5 Å². The third kappa shape index (κ3) is 2.83. The average molecular weight is 184 g/mol. The van der Waals surface area contributed by atoms with Gasteiger partial charge in [0.2, 0.25) is 0 Å². The molecule has 2 atom stereocenters. The fraction of sp³-hybridized carbons (Fsp3) is 0.800. The molecule has 74 valence electrons. The molecule has 0 aliphatic heterocycles. The fourth-order valence-electron chi connectivity index (χ4n) is 1.90. The van der Waals surface area contributed by atoms with Gasteiger partial charge in [-0.2, -0.15) is 0 Å². The molecule has 0 N–H and O–H groups in total. The molecule has 0 bridgehead atoms. The number of hydrogen-bond acceptors (Lipinski definition) is 3. The Bertz CT molecular complexity index is 212. The molecule has 1 rings (SSSR count). The minimum Gasteiger partial charge on any atom is -0.463 e. The number of esters is 1. The van der Waals surface area contributed by atoms with E-state index in [1.807, 2.05) is 6.92 Å². The van der Waals surface area contributed by atoms with Gasteiger partial charge in [0.25, 0.3) is 0 Å². The highest BCUT2D eigenvalue weighted by Crippen LogP contribution is 2.35. The maximum absolute atomic E-state index is 10.8. The minimum atomic E-state index is -0.279. The van der Waals surface area contributed by atoms with E-state index in [4.69, 9.17) is 4.74 Å². The van der Waals surface area contributed by atoms with Gasteiger partial charge >= 0.3 is 5.97 Å². The summed E-state index contributed by atoms with van der Waals surface area (Å²) in [5, 5.41) is 0. The molecular formula is C10H16O3. The van der Waals surface area contributed by atoms with Crippen molar-refractivity contribution >= 4 is 12.3 Å². The Hall–Kier alpha value is -0.860. The third-order valence-electron chi connectivity index (χ3n) is 2.59. The van der Waals surface area contributed by atoms with E-state index in [1.54, 1.807) is 0 Å². The van der Waals surface area contributed by atoms with Gasteiger partial charge in [0, 0.05) is 12.3 Å². The summed E-state index contributed by atoms with van der Waals surface area (Å²) in [4.78, 5) is 21.5. The van der Waals surface area contributed by atoms with Gasteiger partial charge in [-0.25, -0.2) is 0 Å². The van der Waals surface area contributed by atoms with Crippen molar-refractivity contribution in [2.75, 3.05) is 0 Å². The molecule has 1 unspecified atom stereocenters. The average Bonchev–Trinajstić information content (AvgIpc) is 2.03. The first-order chi connectivity index (χ1) is 6.06. The monoisotopic (exact) mass is 184 g/mol. The molecule has 3 nitrogen and oxygen atoms in total. The number of carbonyl (C=O) groups is 2. The minimum absolute atomic E-state index is 0.0542. The van der Waals surface area contributed by atoms with Crippen LogP contribution >= 0.6 is 0 Å². The second-order valence-corrected chi connectivity index (χ2v) is 4.10. The number of rotatable bonds is 2. The fourth-order valence-corrected chi connectivity index (χ4v) is 1.90. The zero-order valence-electron chi connectivity index (χ0n) is 8.21. The van der Waals surface area contributed by atoms with Gasteiger partial charge in [-0.05, 0) is 25.7 Å². The van der Waals surface area contributed by atoms with Crippen LogP contribution in [-0.2, 0) is 14.3 Å². The second kappa shape index (κ2) is 3.90. The van der Waals surface area contributed by atoms with Gasteiger partial charge in [-0.1, -0.05) is 6.92 Å². The van der Waals surface area contributed by atoms with Crippen molar-refractivity contribution < 1.29 is 14.3 Å². The molecule has 3 heteroatoms. The second-order valence-electron chi connectivity index (χ2n) is 4.10. The van der Waals surface area contributed by atoms with Crippen LogP contribution in [0.2, 0.25) is 0 Å². The van der Waals surface area contributed by atoms with Gasteiger partial charge in [-0.3, -0.25) is 4.79 Å². The van der Waals surface area contributed by atoms with Crippen LogP contribution in [0.1, 0.15) is 39.5 Å². The normalized spacial score (nSPS) is 33.8. The molecule has 0 aromatic heterocycles. The van der Waals surface area contributed by atoms with Crippen molar-refractivity contribution in [1.29, 1.82) is 0 Å². The largest absolute Gasteiger partial charge is 0.463 e. The third-order valence-corrected chi connectivity index (χ3v) is 2.59. The lowest BCUT2D eigenvalue weighted by molar-refractivity contribution is -0.150. The van der Waals surface area contributed by atoms with E-state index in [1.165, 1.54) is 6.92 Å². The van der Waals surface area contributed by atoms with Crippen molar-refractivity contribution in [3.8, 4) is 0 Å². The first kappa shape index (κ1) is 10.2. The highest BCUT2D eigenvalue weighted by molar-refractivity contribution is 5.66. The Balaban J connectivity index is 2.51. The predicted molar refractivity (Wildman–Crippen MR) is 48.2 cm³/mol. The summed E-state index contributed by atoms with van der Waals surface area (Å²) >= 11 is 0. The quantitative estimate of drug-likeness (QED) is 0.484. The van der Waals surface area contributed by atoms with E-state index >= 15 is 0 Å². The van der Waals surface area contributed by atoms with Crippen molar-refractivity contribution in [3.63, 3.8) is 0 Å². The molecule has 0 heterocycles. The maximum Gasteiger partial charge on any atom is 0.302 e.